The van der Waals surface area contributed by atoms with Gasteiger partial charge in [0.1, 0.15) is 5.75 Å². The molecule has 0 atom stereocenters. The number of alkyl halides is 6. The molecule has 0 saturated carbocycles. The normalized spacial score (nSPS) is 11.9. The lowest BCUT2D eigenvalue weighted by atomic mass is 10.1. The average molecular weight is 365 g/mol. The van der Waals surface area contributed by atoms with E-state index in [0.29, 0.717) is 11.8 Å². The van der Waals surface area contributed by atoms with Crippen molar-refractivity contribution in [3.8, 4) is 5.75 Å². The van der Waals surface area contributed by atoms with E-state index in [0.717, 1.165) is 0 Å². The number of ether oxygens (including phenoxy) is 1. The van der Waals surface area contributed by atoms with E-state index >= 15 is 0 Å². The molecule has 19 heavy (non-hydrogen) atoms. The highest BCUT2D eigenvalue weighted by Gasteiger charge is 2.31. The Bertz CT molecular complexity index is 411. The van der Waals surface area contributed by atoms with Crippen LogP contribution >= 0.6 is 27.7 Å². The van der Waals surface area contributed by atoms with Gasteiger partial charge in [-0.05, 0) is 36.7 Å². The molecule has 0 aliphatic carbocycles. The summed E-state index contributed by atoms with van der Waals surface area (Å²) in [5.74, 6) is -0.204. The largest absolute Gasteiger partial charge is 0.446 e. The summed E-state index contributed by atoms with van der Waals surface area (Å²) in [4.78, 5) is -0.105. The van der Waals surface area contributed by atoms with E-state index in [1.54, 1.807) is 0 Å². The molecule has 8 heteroatoms. The van der Waals surface area contributed by atoms with Crippen LogP contribution in [0.15, 0.2) is 23.1 Å². The first-order valence-corrected chi connectivity index (χ1v) is 7.15. The lowest BCUT2D eigenvalue weighted by molar-refractivity contribution is -0.0506. The Balaban J connectivity index is 3.06. The molecule has 1 rings (SSSR count). The molecule has 0 fully saturated rings. The number of thioether (sulfide) groups is 1. The molecular weight excluding hydrogens is 355 g/mol. The summed E-state index contributed by atoms with van der Waals surface area (Å²) in [5, 5.41) is 0.562. The molecule has 0 unspecified atom stereocenters. The van der Waals surface area contributed by atoms with Gasteiger partial charge in [0.2, 0.25) is 0 Å². The van der Waals surface area contributed by atoms with E-state index in [4.69, 9.17) is 0 Å². The molecule has 0 radical (unpaired) electrons. The fraction of sp³-hybridized carbons (Fsp3) is 0.455. The Kier molecular flexibility index (Phi) is 6.38. The molecule has 1 aromatic carbocycles. The number of benzene rings is 1. The molecule has 0 spiro atoms. The number of hydrogen-bond donors (Lipinski definition) is 0. The van der Waals surface area contributed by atoms with Crippen LogP contribution in [0.5, 0.6) is 5.75 Å². The second kappa shape index (κ2) is 7.33. The van der Waals surface area contributed by atoms with E-state index in [-0.39, 0.29) is 34.4 Å². The van der Waals surface area contributed by atoms with Crippen molar-refractivity contribution in [3.63, 3.8) is 0 Å². The fourth-order valence-electron chi connectivity index (χ4n) is 1.46. The van der Waals surface area contributed by atoms with Crippen LogP contribution in [0.4, 0.5) is 22.0 Å². The van der Waals surface area contributed by atoms with Gasteiger partial charge in [-0.3, -0.25) is 0 Å². The van der Waals surface area contributed by atoms with E-state index in [1.165, 1.54) is 18.2 Å². The molecule has 0 amide bonds. The van der Waals surface area contributed by atoms with Gasteiger partial charge < -0.3 is 4.74 Å². The minimum Gasteiger partial charge on any atom is -0.435 e. The number of halogens is 6. The van der Waals surface area contributed by atoms with Gasteiger partial charge in [0.15, 0.2) is 0 Å². The Morgan fingerprint density at radius 3 is 2.47 bits per heavy atom. The molecule has 0 bridgehead atoms. The number of hydrogen-bond acceptors (Lipinski definition) is 2. The zero-order chi connectivity index (χ0) is 14.5. The van der Waals surface area contributed by atoms with Crippen LogP contribution in [0, 0.1) is 0 Å². The van der Waals surface area contributed by atoms with Crippen molar-refractivity contribution in [3.05, 3.63) is 23.8 Å². The first-order chi connectivity index (χ1) is 8.83. The van der Waals surface area contributed by atoms with Gasteiger partial charge in [-0.2, -0.15) is 22.0 Å². The summed E-state index contributed by atoms with van der Waals surface area (Å²) >= 11 is 2.83. The maximum Gasteiger partial charge on any atom is 0.446 e. The molecule has 0 aromatic heterocycles. The molecule has 0 heterocycles. The quantitative estimate of drug-likeness (QED) is 0.388. The van der Waals surface area contributed by atoms with Gasteiger partial charge in [-0.1, -0.05) is 22.0 Å². The smallest absolute Gasteiger partial charge is 0.435 e. The monoisotopic (exact) mass is 364 g/mol. The van der Waals surface area contributed by atoms with Crippen LogP contribution in [0.2, 0.25) is 0 Å². The van der Waals surface area contributed by atoms with Crippen LogP contribution in [-0.4, -0.2) is 17.4 Å². The number of rotatable bonds is 6. The van der Waals surface area contributed by atoms with Gasteiger partial charge in [-0.15, -0.1) is 0 Å². The zero-order valence-electron chi connectivity index (χ0n) is 9.52. The van der Waals surface area contributed by atoms with Gasteiger partial charge >= 0.3 is 12.1 Å². The summed E-state index contributed by atoms with van der Waals surface area (Å²) in [5.41, 5.74) is -4.31. The topological polar surface area (TPSA) is 9.23 Å². The maximum atomic E-state index is 12.4. The lowest BCUT2D eigenvalue weighted by Crippen LogP contribution is -2.07. The summed E-state index contributed by atoms with van der Waals surface area (Å²) in [6.45, 7) is -3.06. The highest BCUT2D eigenvalue weighted by atomic mass is 79.9. The van der Waals surface area contributed by atoms with Gasteiger partial charge in [-0.25, -0.2) is 0 Å². The summed E-state index contributed by atoms with van der Waals surface area (Å²) < 4.78 is 65.9. The highest BCUT2D eigenvalue weighted by Crippen LogP contribution is 2.41. The molecule has 0 aliphatic rings. The molecular formula is C11H10BrF5OS. The minimum absolute atomic E-state index is 0.105. The maximum absolute atomic E-state index is 12.4. The van der Waals surface area contributed by atoms with Gasteiger partial charge in [0.25, 0.3) is 0 Å². The molecule has 0 aliphatic heterocycles. The summed E-state index contributed by atoms with van der Waals surface area (Å²) in [6, 6.07) is 3.76. The van der Waals surface area contributed by atoms with Gasteiger partial charge in [0, 0.05) is 15.8 Å². The van der Waals surface area contributed by atoms with E-state index in [2.05, 4.69) is 20.7 Å². The molecule has 0 saturated heterocycles. The van der Waals surface area contributed by atoms with E-state index < -0.39 is 12.1 Å². The summed E-state index contributed by atoms with van der Waals surface area (Å²) in [7, 11) is 0. The average Bonchev–Trinajstić information content (AvgIpc) is 2.25. The van der Waals surface area contributed by atoms with Crippen LogP contribution in [0.1, 0.15) is 12.0 Å². The third kappa shape index (κ3) is 5.99. The zero-order valence-corrected chi connectivity index (χ0v) is 11.9. The van der Waals surface area contributed by atoms with E-state index in [1.807, 2.05) is 0 Å². The fourth-order valence-corrected chi connectivity index (χ4v) is 2.46. The predicted molar refractivity (Wildman–Crippen MR) is 67.1 cm³/mol. The second-order valence-electron chi connectivity index (χ2n) is 3.45. The second-order valence-corrected chi connectivity index (χ2v) is 5.35. The standard InChI is InChI=1S/C11H10BrF5OS/c12-6-2-3-7-8(18-10(13)14)4-1-5-9(7)19-11(15,16)17/h1,4-5,10H,2-3,6H2. The highest BCUT2D eigenvalue weighted by molar-refractivity contribution is 9.09. The third-order valence-electron chi connectivity index (χ3n) is 2.09. The Hall–Kier alpha value is -0.500. The van der Waals surface area contributed by atoms with Crippen LogP contribution in [-0.2, 0) is 6.42 Å². The van der Waals surface area contributed by atoms with Crippen LogP contribution < -0.4 is 4.74 Å². The van der Waals surface area contributed by atoms with Crippen molar-refractivity contribution in [2.75, 3.05) is 5.33 Å². The Labute approximate surface area is 119 Å². The SMILES string of the molecule is FC(F)Oc1cccc(SC(F)(F)F)c1CCCBr. The molecule has 0 N–H and O–H groups in total. The van der Waals surface area contributed by atoms with Crippen molar-refractivity contribution in [1.29, 1.82) is 0 Å². The summed E-state index contributed by atoms with van der Waals surface area (Å²) in [6.07, 6.45) is 0.752. The van der Waals surface area contributed by atoms with Crippen molar-refractivity contribution in [2.24, 2.45) is 0 Å². The van der Waals surface area contributed by atoms with Crippen LogP contribution in [0.3, 0.4) is 0 Å². The Morgan fingerprint density at radius 1 is 1.26 bits per heavy atom. The van der Waals surface area contributed by atoms with Gasteiger partial charge in [0.05, 0.1) is 0 Å². The van der Waals surface area contributed by atoms with E-state index in [9.17, 15) is 22.0 Å². The third-order valence-corrected chi connectivity index (χ3v) is 3.49. The molecule has 108 valence electrons. The Morgan fingerprint density at radius 2 is 1.95 bits per heavy atom. The lowest BCUT2D eigenvalue weighted by Gasteiger charge is -2.15. The van der Waals surface area contributed by atoms with Crippen molar-refractivity contribution in [1.82, 2.24) is 0 Å². The van der Waals surface area contributed by atoms with Crippen LogP contribution in [0.25, 0.3) is 0 Å². The first kappa shape index (κ1) is 16.6. The molecule has 1 aromatic rings. The van der Waals surface area contributed by atoms with Crippen molar-refractivity contribution >= 4 is 27.7 Å². The molecule has 1 nitrogen and oxygen atoms in total. The van der Waals surface area contributed by atoms with Crippen molar-refractivity contribution in [2.45, 2.75) is 29.9 Å². The minimum atomic E-state index is -4.47. The predicted octanol–water partition coefficient (Wildman–Crippen LogP) is 5.23. The first-order valence-electron chi connectivity index (χ1n) is 5.22. The van der Waals surface area contributed by atoms with Crippen molar-refractivity contribution < 1.29 is 26.7 Å².